The minimum absolute atomic E-state index is 0.262. The molecule has 0 radical (unpaired) electrons. The Labute approximate surface area is 191 Å². The normalized spacial score (nSPS) is 15.3. The van der Waals surface area contributed by atoms with Gasteiger partial charge in [-0.25, -0.2) is 9.97 Å². The molecule has 0 bridgehead atoms. The van der Waals surface area contributed by atoms with Gasteiger partial charge in [-0.1, -0.05) is 23.7 Å². The molecular weight excluding hydrogens is 430 g/mol. The van der Waals surface area contributed by atoms with Gasteiger partial charge in [0.15, 0.2) is 0 Å². The maximum Gasteiger partial charge on any atom is 0.272 e. The molecule has 1 aliphatic rings. The molecule has 168 valence electrons. The molecule has 3 heterocycles. The van der Waals surface area contributed by atoms with E-state index in [2.05, 4.69) is 31.3 Å². The van der Waals surface area contributed by atoms with Crippen LogP contribution in [0.2, 0.25) is 5.02 Å². The molecule has 1 saturated heterocycles. The van der Waals surface area contributed by atoms with Crippen LogP contribution in [0.25, 0.3) is 5.82 Å². The Hall–Kier alpha value is -3.01. The lowest BCUT2D eigenvalue weighted by Crippen LogP contribution is -2.56. The molecule has 4 rings (SSSR count). The molecule has 9 nitrogen and oxygen atoms in total. The van der Waals surface area contributed by atoms with Crippen LogP contribution in [-0.2, 0) is 4.74 Å². The van der Waals surface area contributed by atoms with Crippen LogP contribution in [-0.4, -0.2) is 51.2 Å². The number of carbonyl (C=O) groups is 1. The maximum atomic E-state index is 12.8. The van der Waals surface area contributed by atoms with Crippen LogP contribution in [0.1, 0.15) is 40.5 Å². The summed E-state index contributed by atoms with van der Waals surface area (Å²) in [6.45, 7) is 3.88. The molecule has 1 aromatic carbocycles. The number of hydrogen-bond acceptors (Lipinski definition) is 6. The second kappa shape index (κ2) is 10.1. The van der Waals surface area contributed by atoms with Gasteiger partial charge in [0.2, 0.25) is 5.95 Å². The first kappa shape index (κ1) is 22.2. The molecule has 1 aliphatic heterocycles. The van der Waals surface area contributed by atoms with Gasteiger partial charge in [-0.15, -0.1) is 0 Å². The van der Waals surface area contributed by atoms with Crippen molar-refractivity contribution in [1.29, 1.82) is 0 Å². The number of ether oxygens (including phenoxy) is 1. The van der Waals surface area contributed by atoms with Crippen molar-refractivity contribution in [3.8, 4) is 5.82 Å². The minimum atomic E-state index is -0.287. The first-order chi connectivity index (χ1) is 15.5. The summed E-state index contributed by atoms with van der Waals surface area (Å²) in [4.78, 5) is 26.2. The SMILES string of the molecule is Cc1cnc(NC2CCOCC2)nc1-n1cnc(C(=O)N[C@@H](C[NH3+])c2cccc(Cl)c2)c1. The highest BCUT2D eigenvalue weighted by Gasteiger charge is 2.19. The van der Waals surface area contributed by atoms with Gasteiger partial charge in [-0.2, -0.15) is 4.98 Å². The molecule has 3 aromatic rings. The molecule has 0 spiro atoms. The summed E-state index contributed by atoms with van der Waals surface area (Å²) in [5.74, 6) is 0.935. The smallest absolute Gasteiger partial charge is 0.272 e. The van der Waals surface area contributed by atoms with Gasteiger partial charge in [-0.3, -0.25) is 9.36 Å². The monoisotopic (exact) mass is 456 g/mol. The zero-order chi connectivity index (χ0) is 22.5. The fourth-order valence-electron chi connectivity index (χ4n) is 3.62. The number of halogens is 1. The Morgan fingerprint density at radius 3 is 2.91 bits per heavy atom. The Morgan fingerprint density at radius 2 is 2.16 bits per heavy atom. The van der Waals surface area contributed by atoms with Crippen LogP contribution in [0, 0.1) is 6.92 Å². The Balaban J connectivity index is 1.49. The fourth-order valence-corrected chi connectivity index (χ4v) is 3.82. The molecule has 0 unspecified atom stereocenters. The van der Waals surface area contributed by atoms with E-state index in [9.17, 15) is 4.79 Å². The van der Waals surface area contributed by atoms with Crippen LogP contribution in [0.4, 0.5) is 5.95 Å². The summed E-state index contributed by atoms with van der Waals surface area (Å²) < 4.78 is 7.14. The van der Waals surface area contributed by atoms with Gasteiger partial charge < -0.3 is 21.1 Å². The van der Waals surface area contributed by atoms with Crippen molar-refractivity contribution in [2.24, 2.45) is 0 Å². The largest absolute Gasteiger partial charge is 0.381 e. The van der Waals surface area contributed by atoms with E-state index in [1.165, 1.54) is 0 Å². The third-order valence-electron chi connectivity index (χ3n) is 5.40. The van der Waals surface area contributed by atoms with Gasteiger partial charge in [0.1, 0.15) is 23.9 Å². The van der Waals surface area contributed by atoms with Gasteiger partial charge in [0.05, 0.1) is 6.54 Å². The van der Waals surface area contributed by atoms with Crippen molar-refractivity contribution in [2.75, 3.05) is 25.1 Å². The van der Waals surface area contributed by atoms with E-state index >= 15 is 0 Å². The highest BCUT2D eigenvalue weighted by Crippen LogP contribution is 2.19. The van der Waals surface area contributed by atoms with Crippen LogP contribution in [0.3, 0.4) is 0 Å². The van der Waals surface area contributed by atoms with Crippen molar-refractivity contribution < 1.29 is 15.3 Å². The summed E-state index contributed by atoms with van der Waals surface area (Å²) in [5.41, 5.74) is 6.01. The summed E-state index contributed by atoms with van der Waals surface area (Å²) in [6.07, 6.45) is 6.85. The van der Waals surface area contributed by atoms with Crippen molar-refractivity contribution in [2.45, 2.75) is 31.8 Å². The van der Waals surface area contributed by atoms with E-state index in [0.29, 0.717) is 29.0 Å². The van der Waals surface area contributed by atoms with Crippen LogP contribution >= 0.6 is 11.6 Å². The van der Waals surface area contributed by atoms with Gasteiger partial charge in [-0.05, 0) is 37.5 Å². The predicted octanol–water partition coefficient (Wildman–Crippen LogP) is 1.93. The highest BCUT2D eigenvalue weighted by molar-refractivity contribution is 6.30. The second-order valence-electron chi connectivity index (χ2n) is 7.77. The zero-order valence-corrected chi connectivity index (χ0v) is 18.7. The molecular formula is C22H27ClN7O2+. The van der Waals surface area contributed by atoms with Crippen LogP contribution in [0.15, 0.2) is 43.0 Å². The molecule has 1 amide bonds. The number of benzene rings is 1. The lowest BCUT2D eigenvalue weighted by molar-refractivity contribution is -0.373. The average Bonchev–Trinajstić information content (AvgIpc) is 3.29. The first-order valence-electron chi connectivity index (χ1n) is 10.6. The maximum absolute atomic E-state index is 12.8. The highest BCUT2D eigenvalue weighted by atomic mass is 35.5. The van der Waals surface area contributed by atoms with Gasteiger partial charge in [0.25, 0.3) is 5.91 Å². The molecule has 1 atom stereocenters. The molecule has 1 fully saturated rings. The number of amides is 1. The third-order valence-corrected chi connectivity index (χ3v) is 5.64. The molecule has 2 aromatic heterocycles. The van der Waals surface area contributed by atoms with Crippen LogP contribution < -0.4 is 16.4 Å². The number of nitrogens with one attached hydrogen (secondary N) is 2. The lowest BCUT2D eigenvalue weighted by Gasteiger charge is -2.23. The van der Waals surface area contributed by atoms with E-state index in [-0.39, 0.29) is 18.0 Å². The van der Waals surface area contributed by atoms with E-state index in [4.69, 9.17) is 16.3 Å². The minimum Gasteiger partial charge on any atom is -0.381 e. The Bertz CT molecular complexity index is 1080. The topological polar surface area (TPSA) is 122 Å². The fraction of sp³-hybridized carbons (Fsp3) is 0.364. The number of aryl methyl sites for hydroxylation is 1. The second-order valence-corrected chi connectivity index (χ2v) is 8.20. The Morgan fingerprint density at radius 1 is 1.34 bits per heavy atom. The molecule has 10 heteroatoms. The predicted molar refractivity (Wildman–Crippen MR) is 121 cm³/mol. The molecule has 0 saturated carbocycles. The summed E-state index contributed by atoms with van der Waals surface area (Å²) in [7, 11) is 0. The van der Waals surface area contributed by atoms with E-state index in [1.807, 2.05) is 25.1 Å². The summed E-state index contributed by atoms with van der Waals surface area (Å²) >= 11 is 6.09. The van der Waals surface area contributed by atoms with Gasteiger partial charge >= 0.3 is 0 Å². The van der Waals surface area contributed by atoms with Gasteiger partial charge in [0, 0.05) is 42.2 Å². The number of quaternary nitrogens is 1. The van der Waals surface area contributed by atoms with Crippen molar-refractivity contribution >= 4 is 23.5 Å². The average molecular weight is 457 g/mol. The zero-order valence-electron chi connectivity index (χ0n) is 17.9. The third kappa shape index (κ3) is 5.24. The number of anilines is 1. The number of aromatic nitrogens is 4. The molecule has 32 heavy (non-hydrogen) atoms. The van der Waals surface area contributed by atoms with E-state index < -0.39 is 0 Å². The number of carbonyl (C=O) groups excluding carboxylic acids is 1. The first-order valence-corrected chi connectivity index (χ1v) is 11.0. The van der Waals surface area contributed by atoms with Crippen molar-refractivity contribution in [3.63, 3.8) is 0 Å². The number of nitrogens with zero attached hydrogens (tertiary/aromatic N) is 4. The number of rotatable bonds is 7. The van der Waals surface area contributed by atoms with Crippen molar-refractivity contribution in [1.82, 2.24) is 24.8 Å². The quantitative estimate of drug-likeness (QED) is 0.499. The van der Waals surface area contributed by atoms with Crippen molar-refractivity contribution in [3.05, 3.63) is 64.8 Å². The summed E-state index contributed by atoms with van der Waals surface area (Å²) in [5, 5.41) is 6.96. The Kier molecular flexibility index (Phi) is 6.99. The van der Waals surface area contributed by atoms with Crippen LogP contribution in [0.5, 0.6) is 0 Å². The number of imidazole rings is 1. The molecule has 5 N–H and O–H groups in total. The lowest BCUT2D eigenvalue weighted by atomic mass is 10.1. The standard InChI is InChI=1S/C22H26ClN7O2/c1-14-11-25-22(27-17-5-7-32-8-6-17)29-20(14)30-12-19(26-13-30)21(31)28-18(10-24)15-3-2-4-16(23)9-15/h2-4,9,11-13,17-18H,5-8,10,24H2,1H3,(H,28,31)(H,25,27,29)/p+1/t18-/m0/s1. The van der Waals surface area contributed by atoms with E-state index in [0.717, 1.165) is 37.2 Å². The van der Waals surface area contributed by atoms with E-state index in [1.54, 1.807) is 29.4 Å². The molecule has 0 aliphatic carbocycles. The number of hydrogen-bond donors (Lipinski definition) is 3. The summed E-state index contributed by atoms with van der Waals surface area (Å²) in [6, 6.07) is 7.41.